The maximum Gasteiger partial charge on any atom is 0.227 e. The SMILES string of the molecule is CCCC(=O)N(c1ccccc1)C1CCN(C(C)Cc2ccccc2)CC1.Cl. The second kappa shape index (κ2) is 11.2. The first-order chi connectivity index (χ1) is 13.2. The van der Waals surface area contributed by atoms with Crippen LogP contribution in [-0.4, -0.2) is 36.0 Å². The summed E-state index contributed by atoms with van der Waals surface area (Å²) in [6, 6.07) is 21.8. The number of carbonyl (C=O) groups excluding carboxylic acids is 1. The van der Waals surface area contributed by atoms with E-state index in [1.54, 1.807) is 0 Å². The topological polar surface area (TPSA) is 23.6 Å². The summed E-state index contributed by atoms with van der Waals surface area (Å²) >= 11 is 0. The van der Waals surface area contributed by atoms with Crippen molar-refractivity contribution in [3.8, 4) is 0 Å². The second-order valence-corrected chi connectivity index (χ2v) is 7.66. The van der Waals surface area contributed by atoms with Gasteiger partial charge in [0.05, 0.1) is 0 Å². The normalized spacial score (nSPS) is 16.2. The molecule has 1 saturated heterocycles. The smallest absolute Gasteiger partial charge is 0.227 e. The van der Waals surface area contributed by atoms with Crippen LogP contribution in [0, 0.1) is 0 Å². The van der Waals surface area contributed by atoms with Crippen LogP contribution in [0.5, 0.6) is 0 Å². The first-order valence-electron chi connectivity index (χ1n) is 10.3. The highest BCUT2D eigenvalue weighted by atomic mass is 35.5. The Hall–Kier alpha value is -1.84. The van der Waals surface area contributed by atoms with Crippen LogP contribution in [0.25, 0.3) is 0 Å². The van der Waals surface area contributed by atoms with E-state index in [9.17, 15) is 4.79 Å². The molecule has 2 aromatic rings. The third-order valence-electron chi connectivity index (χ3n) is 5.63. The Bertz CT molecular complexity index is 699. The highest BCUT2D eigenvalue weighted by Gasteiger charge is 2.30. The average Bonchev–Trinajstić information content (AvgIpc) is 2.70. The van der Waals surface area contributed by atoms with Crippen LogP contribution >= 0.6 is 12.4 Å². The van der Waals surface area contributed by atoms with Crippen molar-refractivity contribution in [2.75, 3.05) is 18.0 Å². The maximum atomic E-state index is 12.8. The molecule has 0 aromatic heterocycles. The molecule has 1 aliphatic heterocycles. The maximum absolute atomic E-state index is 12.8. The van der Waals surface area contributed by atoms with Gasteiger partial charge in [0.25, 0.3) is 0 Å². The molecule has 0 bridgehead atoms. The molecule has 3 rings (SSSR count). The van der Waals surface area contributed by atoms with Crippen molar-refractivity contribution in [1.29, 1.82) is 0 Å². The van der Waals surface area contributed by atoms with E-state index >= 15 is 0 Å². The summed E-state index contributed by atoms with van der Waals surface area (Å²) in [5.41, 5.74) is 2.45. The van der Waals surface area contributed by atoms with Crippen LogP contribution in [0.4, 0.5) is 5.69 Å². The number of likely N-dealkylation sites (tertiary alicyclic amines) is 1. The zero-order valence-corrected chi connectivity index (χ0v) is 17.9. The molecule has 0 spiro atoms. The molecule has 1 heterocycles. The number of benzene rings is 2. The lowest BCUT2D eigenvalue weighted by molar-refractivity contribution is -0.119. The van der Waals surface area contributed by atoms with Crippen molar-refractivity contribution in [3.63, 3.8) is 0 Å². The summed E-state index contributed by atoms with van der Waals surface area (Å²) < 4.78 is 0. The first-order valence-corrected chi connectivity index (χ1v) is 10.3. The fraction of sp³-hybridized carbons (Fsp3) is 0.458. The van der Waals surface area contributed by atoms with Gasteiger partial charge in [0.15, 0.2) is 0 Å². The molecule has 0 N–H and O–H groups in total. The van der Waals surface area contributed by atoms with Crippen LogP contribution in [0.15, 0.2) is 60.7 Å². The number of halogens is 1. The van der Waals surface area contributed by atoms with Gasteiger partial charge in [-0.05, 0) is 50.3 Å². The van der Waals surface area contributed by atoms with Gasteiger partial charge >= 0.3 is 0 Å². The molecule has 1 unspecified atom stereocenters. The predicted octanol–water partition coefficient (Wildman–Crippen LogP) is 5.34. The quantitative estimate of drug-likeness (QED) is 0.626. The van der Waals surface area contributed by atoms with E-state index in [1.165, 1.54) is 5.56 Å². The van der Waals surface area contributed by atoms with Gasteiger partial charge in [-0.2, -0.15) is 0 Å². The van der Waals surface area contributed by atoms with Gasteiger partial charge < -0.3 is 9.80 Å². The number of carbonyl (C=O) groups is 1. The molecule has 2 aromatic carbocycles. The lowest BCUT2D eigenvalue weighted by Gasteiger charge is -2.41. The van der Waals surface area contributed by atoms with Crippen molar-refractivity contribution in [1.82, 2.24) is 4.90 Å². The zero-order valence-electron chi connectivity index (χ0n) is 17.1. The number of rotatable bonds is 7. The fourth-order valence-electron chi connectivity index (χ4n) is 4.15. The third kappa shape index (κ3) is 5.83. The van der Waals surface area contributed by atoms with Gasteiger partial charge in [0.2, 0.25) is 5.91 Å². The summed E-state index contributed by atoms with van der Waals surface area (Å²) in [5.74, 6) is 0.263. The van der Waals surface area contributed by atoms with Crippen LogP contribution in [-0.2, 0) is 11.2 Å². The number of amides is 1. The van der Waals surface area contributed by atoms with Gasteiger partial charge in [-0.3, -0.25) is 4.79 Å². The van der Waals surface area contributed by atoms with Crippen LogP contribution in [0.3, 0.4) is 0 Å². The molecule has 1 atom stereocenters. The Morgan fingerprint density at radius 3 is 2.18 bits per heavy atom. The summed E-state index contributed by atoms with van der Waals surface area (Å²) in [5, 5.41) is 0. The Labute approximate surface area is 176 Å². The molecule has 1 fully saturated rings. The van der Waals surface area contributed by atoms with E-state index in [-0.39, 0.29) is 18.3 Å². The first kappa shape index (κ1) is 22.4. The summed E-state index contributed by atoms with van der Waals surface area (Å²) in [4.78, 5) is 17.5. The van der Waals surface area contributed by atoms with E-state index in [0.29, 0.717) is 18.5 Å². The molecule has 1 aliphatic rings. The van der Waals surface area contributed by atoms with Crippen LogP contribution in [0.2, 0.25) is 0 Å². The van der Waals surface area contributed by atoms with E-state index in [4.69, 9.17) is 0 Å². The number of hydrogen-bond acceptors (Lipinski definition) is 2. The minimum absolute atomic E-state index is 0. The van der Waals surface area contributed by atoms with Crippen molar-refractivity contribution >= 4 is 24.0 Å². The molecular weight excluding hydrogens is 368 g/mol. The molecular formula is C24H33ClN2O. The summed E-state index contributed by atoms with van der Waals surface area (Å²) in [6.07, 6.45) is 4.70. The van der Waals surface area contributed by atoms with Crippen molar-refractivity contribution in [3.05, 3.63) is 66.2 Å². The Morgan fingerprint density at radius 1 is 1.04 bits per heavy atom. The van der Waals surface area contributed by atoms with Gasteiger partial charge in [-0.1, -0.05) is 55.5 Å². The monoisotopic (exact) mass is 400 g/mol. The molecule has 152 valence electrons. The Balaban J connectivity index is 0.00000280. The molecule has 28 heavy (non-hydrogen) atoms. The number of hydrogen-bond donors (Lipinski definition) is 0. The highest BCUT2D eigenvalue weighted by Crippen LogP contribution is 2.26. The molecule has 4 heteroatoms. The lowest BCUT2D eigenvalue weighted by Crippen LogP contribution is -2.50. The van der Waals surface area contributed by atoms with E-state index in [2.05, 4.69) is 66.1 Å². The molecule has 3 nitrogen and oxygen atoms in total. The number of anilines is 1. The molecule has 0 saturated carbocycles. The highest BCUT2D eigenvalue weighted by molar-refractivity contribution is 5.93. The predicted molar refractivity (Wildman–Crippen MR) is 120 cm³/mol. The summed E-state index contributed by atoms with van der Waals surface area (Å²) in [6.45, 7) is 6.52. The van der Waals surface area contributed by atoms with E-state index < -0.39 is 0 Å². The number of piperidine rings is 1. The second-order valence-electron chi connectivity index (χ2n) is 7.66. The van der Waals surface area contributed by atoms with Crippen LogP contribution < -0.4 is 4.90 Å². The van der Waals surface area contributed by atoms with Gasteiger partial charge in [-0.15, -0.1) is 12.4 Å². The van der Waals surface area contributed by atoms with Crippen molar-refractivity contribution in [2.24, 2.45) is 0 Å². The molecule has 1 amide bonds. The lowest BCUT2D eigenvalue weighted by atomic mass is 9.98. The molecule has 0 radical (unpaired) electrons. The minimum Gasteiger partial charge on any atom is -0.309 e. The number of nitrogens with zero attached hydrogens (tertiary/aromatic N) is 2. The van der Waals surface area contributed by atoms with Gasteiger partial charge in [0.1, 0.15) is 0 Å². The zero-order chi connectivity index (χ0) is 19.1. The van der Waals surface area contributed by atoms with Gasteiger partial charge in [-0.25, -0.2) is 0 Å². The van der Waals surface area contributed by atoms with E-state index in [0.717, 1.165) is 44.5 Å². The minimum atomic E-state index is 0. The van der Waals surface area contributed by atoms with Crippen molar-refractivity contribution < 1.29 is 4.79 Å². The Kier molecular flexibility index (Phi) is 9.01. The molecule has 0 aliphatic carbocycles. The van der Waals surface area contributed by atoms with Crippen molar-refractivity contribution in [2.45, 2.75) is 58.0 Å². The summed E-state index contributed by atoms with van der Waals surface area (Å²) in [7, 11) is 0. The average molecular weight is 401 g/mol. The Morgan fingerprint density at radius 2 is 1.61 bits per heavy atom. The number of para-hydroxylation sites is 1. The van der Waals surface area contributed by atoms with Crippen LogP contribution in [0.1, 0.15) is 45.1 Å². The van der Waals surface area contributed by atoms with Gasteiger partial charge in [0, 0.05) is 37.3 Å². The standard InChI is InChI=1S/C24H32N2O.ClH/c1-3-10-24(27)26(22-13-8-5-9-14-22)23-15-17-25(18-16-23)20(2)19-21-11-6-4-7-12-21;/h4-9,11-14,20,23H,3,10,15-19H2,1-2H3;1H. The van der Waals surface area contributed by atoms with E-state index in [1.807, 2.05) is 18.2 Å². The fourth-order valence-corrected chi connectivity index (χ4v) is 4.15. The third-order valence-corrected chi connectivity index (χ3v) is 5.63. The largest absolute Gasteiger partial charge is 0.309 e.